The quantitative estimate of drug-likeness (QED) is 0.717. The third kappa shape index (κ3) is 6.64. The van der Waals surface area contributed by atoms with E-state index < -0.39 is 0 Å². The third-order valence-electron chi connectivity index (χ3n) is 2.96. The average molecular weight is 281 g/mol. The van der Waals surface area contributed by atoms with E-state index >= 15 is 0 Å². The Hall–Kier alpha value is -1.00. The summed E-state index contributed by atoms with van der Waals surface area (Å²) in [6.07, 6.45) is 0.979. The minimum absolute atomic E-state index is 0.00190. The smallest absolute Gasteiger partial charge is 0.230 e. The SMILES string of the molecule is CC(C)C(CO)NC(=O)CSCCc1ccccc1. The lowest BCUT2D eigenvalue weighted by Gasteiger charge is -2.19. The van der Waals surface area contributed by atoms with Crippen LogP contribution in [0.5, 0.6) is 0 Å². The Bertz CT molecular complexity index is 368. The number of aryl methyl sites for hydroxylation is 1. The van der Waals surface area contributed by atoms with Crippen LogP contribution in [0.15, 0.2) is 30.3 Å². The summed E-state index contributed by atoms with van der Waals surface area (Å²) < 4.78 is 0. The Morgan fingerprint density at radius 1 is 1.32 bits per heavy atom. The van der Waals surface area contributed by atoms with Crippen LogP contribution in [0.4, 0.5) is 0 Å². The fourth-order valence-corrected chi connectivity index (χ4v) is 2.46. The Labute approximate surface area is 119 Å². The van der Waals surface area contributed by atoms with Crippen molar-refractivity contribution in [2.45, 2.75) is 26.3 Å². The van der Waals surface area contributed by atoms with Crippen LogP contribution in [0.3, 0.4) is 0 Å². The maximum atomic E-state index is 11.7. The summed E-state index contributed by atoms with van der Waals surface area (Å²) in [6, 6.07) is 10.1. The van der Waals surface area contributed by atoms with Crippen LogP contribution in [-0.4, -0.2) is 35.2 Å². The number of hydrogen-bond donors (Lipinski definition) is 2. The van der Waals surface area contributed by atoms with Crippen LogP contribution in [0, 0.1) is 5.92 Å². The first-order chi connectivity index (χ1) is 9.13. The number of rotatable bonds is 8. The van der Waals surface area contributed by atoms with Gasteiger partial charge < -0.3 is 10.4 Å². The van der Waals surface area contributed by atoms with Crippen LogP contribution in [-0.2, 0) is 11.2 Å². The van der Waals surface area contributed by atoms with Crippen LogP contribution < -0.4 is 5.32 Å². The van der Waals surface area contributed by atoms with Gasteiger partial charge in [0.25, 0.3) is 0 Å². The van der Waals surface area contributed by atoms with Gasteiger partial charge in [-0.2, -0.15) is 11.8 Å². The molecule has 0 radical (unpaired) electrons. The van der Waals surface area contributed by atoms with E-state index in [1.807, 2.05) is 32.0 Å². The molecule has 1 unspecified atom stereocenters. The molecule has 0 fully saturated rings. The van der Waals surface area contributed by atoms with E-state index in [4.69, 9.17) is 5.11 Å². The van der Waals surface area contributed by atoms with Gasteiger partial charge in [-0.1, -0.05) is 44.2 Å². The average Bonchev–Trinajstić information content (AvgIpc) is 2.42. The number of hydrogen-bond acceptors (Lipinski definition) is 3. The minimum Gasteiger partial charge on any atom is -0.394 e. The molecule has 106 valence electrons. The summed E-state index contributed by atoms with van der Waals surface area (Å²) in [7, 11) is 0. The summed E-state index contributed by atoms with van der Waals surface area (Å²) in [5, 5.41) is 12.0. The monoisotopic (exact) mass is 281 g/mol. The van der Waals surface area contributed by atoms with E-state index in [1.54, 1.807) is 11.8 Å². The van der Waals surface area contributed by atoms with Crippen molar-refractivity contribution in [3.63, 3.8) is 0 Å². The molecular formula is C15H23NO2S. The molecule has 0 aliphatic carbocycles. The van der Waals surface area contributed by atoms with Gasteiger partial charge in [-0.15, -0.1) is 0 Å². The number of thioether (sulfide) groups is 1. The van der Waals surface area contributed by atoms with E-state index in [0.717, 1.165) is 12.2 Å². The van der Waals surface area contributed by atoms with Gasteiger partial charge in [0.15, 0.2) is 0 Å². The van der Waals surface area contributed by atoms with Gasteiger partial charge in [-0.05, 0) is 23.7 Å². The van der Waals surface area contributed by atoms with E-state index in [0.29, 0.717) is 5.75 Å². The molecule has 3 nitrogen and oxygen atoms in total. The summed E-state index contributed by atoms with van der Waals surface area (Å²) in [6.45, 7) is 3.98. The van der Waals surface area contributed by atoms with E-state index in [-0.39, 0.29) is 24.5 Å². The molecule has 1 aromatic rings. The predicted molar refractivity (Wildman–Crippen MR) is 81.3 cm³/mol. The molecule has 2 N–H and O–H groups in total. The number of aliphatic hydroxyl groups is 1. The van der Waals surface area contributed by atoms with Crippen LogP contribution in [0.2, 0.25) is 0 Å². The normalized spacial score (nSPS) is 12.4. The lowest BCUT2D eigenvalue weighted by Crippen LogP contribution is -2.42. The van der Waals surface area contributed by atoms with Crippen LogP contribution >= 0.6 is 11.8 Å². The van der Waals surface area contributed by atoms with Gasteiger partial charge in [0.05, 0.1) is 18.4 Å². The van der Waals surface area contributed by atoms with Gasteiger partial charge >= 0.3 is 0 Å². The Balaban J connectivity index is 2.17. The second-order valence-corrected chi connectivity index (χ2v) is 5.99. The molecule has 1 rings (SSSR count). The predicted octanol–water partition coefficient (Wildman–Crippen LogP) is 2.10. The van der Waals surface area contributed by atoms with Crippen molar-refractivity contribution < 1.29 is 9.90 Å². The van der Waals surface area contributed by atoms with E-state index in [1.165, 1.54) is 5.56 Å². The summed E-state index contributed by atoms with van der Waals surface area (Å²) in [4.78, 5) is 11.7. The summed E-state index contributed by atoms with van der Waals surface area (Å²) >= 11 is 1.63. The molecule has 0 bridgehead atoms. The lowest BCUT2D eigenvalue weighted by atomic mass is 10.1. The van der Waals surface area contributed by atoms with Crippen molar-refractivity contribution in [1.29, 1.82) is 0 Å². The zero-order valence-electron chi connectivity index (χ0n) is 11.6. The summed E-state index contributed by atoms with van der Waals surface area (Å²) in [5.74, 6) is 1.65. The molecule has 0 saturated heterocycles. The van der Waals surface area contributed by atoms with Gasteiger partial charge in [-0.25, -0.2) is 0 Å². The van der Waals surface area contributed by atoms with E-state index in [9.17, 15) is 4.79 Å². The largest absolute Gasteiger partial charge is 0.394 e. The van der Waals surface area contributed by atoms with Crippen LogP contribution in [0.25, 0.3) is 0 Å². The van der Waals surface area contributed by atoms with Crippen LogP contribution in [0.1, 0.15) is 19.4 Å². The Morgan fingerprint density at radius 2 is 2.00 bits per heavy atom. The molecule has 0 spiro atoms. The molecule has 1 amide bonds. The Morgan fingerprint density at radius 3 is 2.58 bits per heavy atom. The van der Waals surface area contributed by atoms with Crippen molar-refractivity contribution in [1.82, 2.24) is 5.32 Å². The van der Waals surface area contributed by atoms with Crippen molar-refractivity contribution in [3.8, 4) is 0 Å². The maximum absolute atomic E-state index is 11.7. The molecule has 1 atom stereocenters. The molecule has 0 aromatic heterocycles. The molecule has 0 saturated carbocycles. The first kappa shape index (κ1) is 16.1. The minimum atomic E-state index is -0.137. The molecule has 0 aliphatic heterocycles. The Kier molecular flexibility index (Phi) is 7.60. The number of nitrogens with one attached hydrogen (secondary N) is 1. The number of carbonyl (C=O) groups excluding carboxylic acids is 1. The molecule has 4 heteroatoms. The van der Waals surface area contributed by atoms with Crippen molar-refractivity contribution in [3.05, 3.63) is 35.9 Å². The highest BCUT2D eigenvalue weighted by molar-refractivity contribution is 7.99. The molecule has 19 heavy (non-hydrogen) atoms. The second kappa shape index (κ2) is 8.99. The topological polar surface area (TPSA) is 49.3 Å². The first-order valence-electron chi connectivity index (χ1n) is 6.65. The van der Waals surface area contributed by atoms with Crippen molar-refractivity contribution >= 4 is 17.7 Å². The zero-order valence-corrected chi connectivity index (χ0v) is 12.5. The van der Waals surface area contributed by atoms with Gasteiger partial charge in [0.1, 0.15) is 0 Å². The zero-order chi connectivity index (χ0) is 14.1. The highest BCUT2D eigenvalue weighted by Gasteiger charge is 2.14. The number of amides is 1. The first-order valence-corrected chi connectivity index (χ1v) is 7.81. The highest BCUT2D eigenvalue weighted by Crippen LogP contribution is 2.07. The standard InChI is InChI=1S/C15H23NO2S/c1-12(2)14(10-17)16-15(18)11-19-9-8-13-6-4-3-5-7-13/h3-7,12,14,17H,8-11H2,1-2H3,(H,16,18). The second-order valence-electron chi connectivity index (χ2n) is 4.89. The maximum Gasteiger partial charge on any atom is 0.230 e. The van der Waals surface area contributed by atoms with Gasteiger partial charge in [-0.3, -0.25) is 4.79 Å². The molecule has 0 heterocycles. The van der Waals surface area contributed by atoms with E-state index in [2.05, 4.69) is 17.4 Å². The van der Waals surface area contributed by atoms with Gasteiger partial charge in [0.2, 0.25) is 5.91 Å². The fourth-order valence-electron chi connectivity index (χ4n) is 1.67. The van der Waals surface area contributed by atoms with Crippen molar-refractivity contribution in [2.75, 3.05) is 18.1 Å². The number of benzene rings is 1. The number of aliphatic hydroxyl groups excluding tert-OH is 1. The highest BCUT2D eigenvalue weighted by atomic mass is 32.2. The lowest BCUT2D eigenvalue weighted by molar-refractivity contribution is -0.119. The van der Waals surface area contributed by atoms with Gasteiger partial charge in [0, 0.05) is 0 Å². The van der Waals surface area contributed by atoms with Crippen molar-refractivity contribution in [2.24, 2.45) is 5.92 Å². The molecule has 1 aromatic carbocycles. The molecule has 0 aliphatic rings. The fraction of sp³-hybridized carbons (Fsp3) is 0.533. The third-order valence-corrected chi connectivity index (χ3v) is 3.92. The number of carbonyl (C=O) groups is 1. The molecular weight excluding hydrogens is 258 g/mol. The summed E-state index contributed by atoms with van der Waals surface area (Å²) in [5.41, 5.74) is 1.30.